The lowest BCUT2D eigenvalue weighted by Gasteiger charge is -2.16. The van der Waals surface area contributed by atoms with E-state index in [-0.39, 0.29) is 6.54 Å². The van der Waals surface area contributed by atoms with Crippen LogP contribution in [0, 0.1) is 23.5 Å². The second-order valence-corrected chi connectivity index (χ2v) is 4.77. The van der Waals surface area contributed by atoms with Crippen molar-refractivity contribution in [3.05, 3.63) is 59.4 Å². The zero-order valence-corrected chi connectivity index (χ0v) is 12.0. The fraction of sp³-hybridized carbons (Fsp3) is 0.200. The number of hydrogen-bond donors (Lipinski definition) is 2. The van der Waals surface area contributed by atoms with Gasteiger partial charge in [-0.2, -0.15) is 22.5 Å². The van der Waals surface area contributed by atoms with Gasteiger partial charge in [-0.15, -0.1) is 0 Å². The molecule has 1 aromatic carbocycles. The van der Waals surface area contributed by atoms with Crippen LogP contribution >= 0.6 is 0 Å². The highest BCUT2D eigenvalue weighted by molar-refractivity contribution is 5.84. The Morgan fingerprint density at radius 3 is 2.22 bits per heavy atom. The van der Waals surface area contributed by atoms with Gasteiger partial charge in [0.05, 0.1) is 0 Å². The van der Waals surface area contributed by atoms with Crippen LogP contribution in [0.3, 0.4) is 0 Å². The molecule has 1 atom stereocenters. The number of hydrogen-bond acceptors (Lipinski definition) is 3. The van der Waals surface area contributed by atoms with Gasteiger partial charge in [0, 0.05) is 6.54 Å². The molecule has 0 aliphatic heterocycles. The molecule has 4 nitrogen and oxygen atoms in total. The third-order valence-electron chi connectivity index (χ3n) is 3.06. The van der Waals surface area contributed by atoms with Crippen LogP contribution in [0.5, 0.6) is 0 Å². The van der Waals surface area contributed by atoms with Gasteiger partial charge in [-0.1, -0.05) is 30.3 Å². The number of nitrogens with one attached hydrogen (secondary N) is 2. The first-order valence-electron chi connectivity index (χ1n) is 6.68. The predicted octanol–water partition coefficient (Wildman–Crippen LogP) is 2.75. The summed E-state index contributed by atoms with van der Waals surface area (Å²) in [7, 11) is 0. The van der Waals surface area contributed by atoms with Crippen molar-refractivity contribution in [3.8, 4) is 0 Å². The molecule has 0 saturated carbocycles. The second kappa shape index (κ2) is 7.08. The summed E-state index contributed by atoms with van der Waals surface area (Å²) in [6.07, 6.45) is 0. The molecular weight excluding hydrogens is 314 g/mol. The number of nitrogens with zero attached hydrogens (tertiary/aromatic N) is 1. The quantitative estimate of drug-likeness (QED) is 0.656. The lowest BCUT2D eigenvalue weighted by molar-refractivity contribution is -0.121. The zero-order chi connectivity index (χ0) is 17.0. The molecule has 0 fully saturated rings. The highest BCUT2D eigenvalue weighted by atomic mass is 19.2. The van der Waals surface area contributed by atoms with Gasteiger partial charge < -0.3 is 10.6 Å². The summed E-state index contributed by atoms with van der Waals surface area (Å²) >= 11 is 0. The highest BCUT2D eigenvalue weighted by Gasteiger charge is 2.23. The number of rotatable bonds is 5. The van der Waals surface area contributed by atoms with E-state index in [1.807, 2.05) is 6.07 Å². The molecule has 0 aliphatic carbocycles. The first-order valence-corrected chi connectivity index (χ1v) is 6.68. The van der Waals surface area contributed by atoms with Crippen LogP contribution in [-0.4, -0.2) is 16.9 Å². The van der Waals surface area contributed by atoms with Crippen molar-refractivity contribution >= 4 is 11.6 Å². The molecule has 23 heavy (non-hydrogen) atoms. The maximum absolute atomic E-state index is 13.5. The van der Waals surface area contributed by atoms with E-state index in [1.165, 1.54) is 6.92 Å². The van der Waals surface area contributed by atoms with Crippen LogP contribution in [0.4, 0.5) is 23.2 Å². The van der Waals surface area contributed by atoms with E-state index in [2.05, 4.69) is 15.6 Å². The summed E-state index contributed by atoms with van der Waals surface area (Å²) in [4.78, 5) is 14.3. The van der Waals surface area contributed by atoms with Crippen molar-refractivity contribution in [1.82, 2.24) is 10.3 Å². The highest BCUT2D eigenvalue weighted by Crippen LogP contribution is 2.22. The Hall–Kier alpha value is -2.64. The average Bonchev–Trinajstić information content (AvgIpc) is 2.55. The lowest BCUT2D eigenvalue weighted by atomic mass is 10.2. The maximum atomic E-state index is 13.5. The zero-order valence-electron chi connectivity index (χ0n) is 12.0. The van der Waals surface area contributed by atoms with E-state index in [1.54, 1.807) is 24.3 Å². The smallest absolute Gasteiger partial charge is 0.253 e. The minimum Gasteiger partial charge on any atom is -0.369 e. The normalized spacial score (nSPS) is 11.9. The van der Waals surface area contributed by atoms with Crippen LogP contribution < -0.4 is 10.6 Å². The fourth-order valence-electron chi connectivity index (χ4n) is 1.83. The second-order valence-electron chi connectivity index (χ2n) is 4.77. The molecular formula is C15H13F4N3O. The molecule has 1 unspecified atom stereocenters. The van der Waals surface area contributed by atoms with Crippen LogP contribution in [0.15, 0.2) is 30.3 Å². The van der Waals surface area contributed by atoms with E-state index < -0.39 is 41.2 Å². The number of benzene rings is 1. The summed E-state index contributed by atoms with van der Waals surface area (Å²) in [5, 5.41) is 4.65. The van der Waals surface area contributed by atoms with Gasteiger partial charge in [-0.3, -0.25) is 4.79 Å². The van der Waals surface area contributed by atoms with Crippen molar-refractivity contribution in [2.75, 3.05) is 5.32 Å². The van der Waals surface area contributed by atoms with Crippen LogP contribution in [0.25, 0.3) is 0 Å². The van der Waals surface area contributed by atoms with Gasteiger partial charge >= 0.3 is 0 Å². The summed E-state index contributed by atoms with van der Waals surface area (Å²) < 4.78 is 53.0. The van der Waals surface area contributed by atoms with E-state index in [9.17, 15) is 22.4 Å². The largest absolute Gasteiger partial charge is 0.369 e. The van der Waals surface area contributed by atoms with E-state index >= 15 is 0 Å². The molecule has 0 aliphatic rings. The molecule has 0 radical (unpaired) electrons. The monoisotopic (exact) mass is 327 g/mol. The van der Waals surface area contributed by atoms with Crippen LogP contribution in [-0.2, 0) is 11.3 Å². The SMILES string of the molecule is CC(Nc1c(F)c(F)nc(F)c1F)C(=O)NCc1ccccc1. The van der Waals surface area contributed by atoms with Gasteiger partial charge in [0.15, 0.2) is 0 Å². The van der Waals surface area contributed by atoms with E-state index in [0.29, 0.717) is 0 Å². The molecule has 1 amide bonds. The predicted molar refractivity (Wildman–Crippen MR) is 75.4 cm³/mol. The van der Waals surface area contributed by atoms with Crippen molar-refractivity contribution < 1.29 is 22.4 Å². The van der Waals surface area contributed by atoms with Crippen LogP contribution in [0.2, 0.25) is 0 Å². The molecule has 2 N–H and O–H groups in total. The molecule has 2 aromatic rings. The number of pyridine rings is 1. The lowest BCUT2D eigenvalue weighted by Crippen LogP contribution is -2.37. The Labute approximate surface area is 129 Å². The number of halogens is 4. The topological polar surface area (TPSA) is 54.0 Å². The number of carbonyl (C=O) groups excluding carboxylic acids is 1. The van der Waals surface area contributed by atoms with Gasteiger partial charge in [-0.25, -0.2) is 0 Å². The number of aromatic nitrogens is 1. The summed E-state index contributed by atoms with van der Waals surface area (Å²) in [5.74, 6) is -7.55. The maximum Gasteiger partial charge on any atom is 0.253 e. The Balaban J connectivity index is 2.04. The summed E-state index contributed by atoms with van der Waals surface area (Å²) in [5.41, 5.74) is -0.247. The standard InChI is InChI=1S/C15H13F4N3O/c1-8(15(23)20-7-9-5-3-2-4-6-9)21-12-10(16)13(18)22-14(19)11(12)17/h2-6,8H,7H2,1H3,(H,20,23)(H,21,22). The first kappa shape index (κ1) is 16.7. The molecule has 2 rings (SSSR count). The van der Waals surface area contributed by atoms with Crippen molar-refractivity contribution in [2.45, 2.75) is 19.5 Å². The van der Waals surface area contributed by atoms with Gasteiger partial charge in [0.25, 0.3) is 11.9 Å². The van der Waals surface area contributed by atoms with Gasteiger partial charge in [0.2, 0.25) is 17.5 Å². The number of carbonyl (C=O) groups is 1. The molecule has 0 bridgehead atoms. The average molecular weight is 327 g/mol. The first-order chi connectivity index (χ1) is 10.9. The molecule has 122 valence electrons. The van der Waals surface area contributed by atoms with Crippen molar-refractivity contribution in [2.24, 2.45) is 0 Å². The fourth-order valence-corrected chi connectivity index (χ4v) is 1.83. The Morgan fingerprint density at radius 1 is 1.09 bits per heavy atom. The van der Waals surface area contributed by atoms with Crippen molar-refractivity contribution in [3.63, 3.8) is 0 Å². The van der Waals surface area contributed by atoms with Gasteiger partial charge in [0.1, 0.15) is 11.7 Å². The van der Waals surface area contributed by atoms with Crippen molar-refractivity contribution in [1.29, 1.82) is 0 Å². The van der Waals surface area contributed by atoms with E-state index in [0.717, 1.165) is 5.56 Å². The third kappa shape index (κ3) is 3.97. The molecule has 0 spiro atoms. The molecule has 8 heteroatoms. The van der Waals surface area contributed by atoms with Gasteiger partial charge in [-0.05, 0) is 12.5 Å². The number of anilines is 1. The van der Waals surface area contributed by atoms with E-state index in [4.69, 9.17) is 0 Å². The Bertz CT molecular complexity index is 683. The third-order valence-corrected chi connectivity index (χ3v) is 3.06. The molecule has 0 saturated heterocycles. The Kier molecular flexibility index (Phi) is 5.15. The summed E-state index contributed by atoms with van der Waals surface area (Å²) in [6, 6.07) is 7.83. The molecule has 1 heterocycles. The molecule has 1 aromatic heterocycles. The Morgan fingerprint density at radius 2 is 1.65 bits per heavy atom. The minimum absolute atomic E-state index is 0.204. The number of amides is 1. The van der Waals surface area contributed by atoms with Crippen LogP contribution in [0.1, 0.15) is 12.5 Å². The summed E-state index contributed by atoms with van der Waals surface area (Å²) in [6.45, 7) is 1.51. The minimum atomic E-state index is -1.79.